The Bertz CT molecular complexity index is 242. The Hall–Kier alpha value is -0.610. The first-order valence-electron chi connectivity index (χ1n) is 6.53. The molecule has 1 N–H and O–H groups in total. The zero-order valence-electron chi connectivity index (χ0n) is 11.6. The number of ether oxygens (including phenoxy) is 1. The lowest BCUT2D eigenvalue weighted by Gasteiger charge is -2.24. The van der Waals surface area contributed by atoms with E-state index >= 15 is 0 Å². The van der Waals surface area contributed by atoms with Gasteiger partial charge in [-0.25, -0.2) is 0 Å². The molecule has 1 heterocycles. The first-order chi connectivity index (χ1) is 7.88. The van der Waals surface area contributed by atoms with Crippen molar-refractivity contribution < 1.29 is 9.53 Å². The monoisotopic (exact) mass is 242 g/mol. The topological polar surface area (TPSA) is 41.6 Å². The number of carbonyl (C=O) groups excluding carboxylic acids is 1. The van der Waals surface area contributed by atoms with Gasteiger partial charge in [-0.3, -0.25) is 9.69 Å². The Labute approximate surface area is 105 Å². The first-order valence-corrected chi connectivity index (χ1v) is 6.53. The smallest absolute Gasteiger partial charge is 0.246 e. The fourth-order valence-corrected chi connectivity index (χ4v) is 1.91. The maximum Gasteiger partial charge on any atom is 0.246 e. The van der Waals surface area contributed by atoms with Crippen molar-refractivity contribution >= 4 is 5.91 Å². The average molecular weight is 242 g/mol. The molecule has 0 saturated carbocycles. The molecule has 1 aliphatic rings. The van der Waals surface area contributed by atoms with E-state index in [2.05, 4.69) is 17.1 Å². The van der Waals surface area contributed by atoms with Crippen molar-refractivity contribution in [1.29, 1.82) is 0 Å². The van der Waals surface area contributed by atoms with E-state index in [1.165, 1.54) is 12.8 Å². The summed E-state index contributed by atoms with van der Waals surface area (Å²) < 4.78 is 5.42. The van der Waals surface area contributed by atoms with Crippen molar-refractivity contribution in [1.82, 2.24) is 10.2 Å². The minimum absolute atomic E-state index is 0.0222. The Balaban J connectivity index is 2.14. The maximum atomic E-state index is 11.6. The molecule has 1 atom stereocenters. The van der Waals surface area contributed by atoms with Crippen molar-refractivity contribution in [2.75, 3.05) is 26.2 Å². The minimum atomic E-state index is -0.252. The zero-order valence-corrected chi connectivity index (χ0v) is 11.6. The molecular formula is C13H26N2O2. The van der Waals surface area contributed by atoms with Crippen LogP contribution >= 0.6 is 0 Å². The minimum Gasteiger partial charge on any atom is -0.366 e. The fraction of sp³-hybridized carbons (Fsp3) is 0.923. The number of nitrogens with zero attached hydrogens (tertiary/aromatic N) is 1. The molecule has 1 amide bonds. The van der Waals surface area contributed by atoms with Gasteiger partial charge in [0, 0.05) is 12.6 Å². The van der Waals surface area contributed by atoms with E-state index in [9.17, 15) is 4.79 Å². The second-order valence-electron chi connectivity index (χ2n) is 5.80. The summed E-state index contributed by atoms with van der Waals surface area (Å²) in [5.41, 5.74) is -0.252. The number of hydrogen-bond donors (Lipinski definition) is 1. The Morgan fingerprint density at radius 1 is 1.35 bits per heavy atom. The SMILES string of the molecule is CC(CNC(=O)COC(C)(C)C)N1CCCC1. The molecule has 0 aliphatic carbocycles. The number of carbonyl (C=O) groups is 1. The number of rotatable bonds is 5. The van der Waals surface area contributed by atoms with Gasteiger partial charge in [-0.2, -0.15) is 0 Å². The lowest BCUT2D eigenvalue weighted by Crippen LogP contribution is -2.42. The first kappa shape index (κ1) is 14.5. The van der Waals surface area contributed by atoms with Gasteiger partial charge in [0.15, 0.2) is 0 Å². The van der Waals surface area contributed by atoms with Crippen LogP contribution in [0.3, 0.4) is 0 Å². The third-order valence-electron chi connectivity index (χ3n) is 2.99. The van der Waals surface area contributed by atoms with Crippen molar-refractivity contribution in [2.24, 2.45) is 0 Å². The number of likely N-dealkylation sites (tertiary alicyclic amines) is 1. The van der Waals surface area contributed by atoms with Crippen LogP contribution in [0, 0.1) is 0 Å². The Kier molecular flexibility index (Phi) is 5.40. The van der Waals surface area contributed by atoms with Crippen LogP contribution in [0.4, 0.5) is 0 Å². The molecule has 1 saturated heterocycles. The summed E-state index contributed by atoms with van der Waals surface area (Å²) in [7, 11) is 0. The van der Waals surface area contributed by atoms with Gasteiger partial charge in [0.25, 0.3) is 0 Å². The van der Waals surface area contributed by atoms with Crippen LogP contribution in [0.2, 0.25) is 0 Å². The van der Waals surface area contributed by atoms with Crippen LogP contribution in [-0.2, 0) is 9.53 Å². The highest BCUT2D eigenvalue weighted by Gasteiger charge is 2.19. The predicted molar refractivity (Wildman–Crippen MR) is 69.0 cm³/mol. The average Bonchev–Trinajstić information content (AvgIpc) is 2.75. The lowest BCUT2D eigenvalue weighted by atomic mass is 10.2. The summed E-state index contributed by atoms with van der Waals surface area (Å²) in [5.74, 6) is -0.0222. The summed E-state index contributed by atoms with van der Waals surface area (Å²) in [5, 5.41) is 2.93. The third-order valence-corrected chi connectivity index (χ3v) is 2.99. The molecule has 1 fully saturated rings. The van der Waals surface area contributed by atoms with Crippen molar-refractivity contribution in [3.8, 4) is 0 Å². The van der Waals surface area contributed by atoms with Gasteiger partial charge >= 0.3 is 0 Å². The predicted octanol–water partition coefficient (Wildman–Crippen LogP) is 1.40. The van der Waals surface area contributed by atoms with Gasteiger partial charge in [0.2, 0.25) is 5.91 Å². The molecule has 0 aromatic carbocycles. The highest BCUT2D eigenvalue weighted by atomic mass is 16.5. The summed E-state index contributed by atoms with van der Waals surface area (Å²) in [6.45, 7) is 11.2. The molecule has 0 aromatic heterocycles. The van der Waals surface area contributed by atoms with Crippen LogP contribution in [0.1, 0.15) is 40.5 Å². The Morgan fingerprint density at radius 2 is 1.94 bits per heavy atom. The van der Waals surface area contributed by atoms with Gasteiger partial charge in [-0.1, -0.05) is 0 Å². The molecule has 17 heavy (non-hydrogen) atoms. The van der Waals surface area contributed by atoms with E-state index in [1.54, 1.807) is 0 Å². The van der Waals surface area contributed by atoms with Gasteiger partial charge in [-0.15, -0.1) is 0 Å². The highest BCUT2D eigenvalue weighted by Crippen LogP contribution is 2.10. The maximum absolute atomic E-state index is 11.6. The third kappa shape index (κ3) is 6.03. The molecule has 1 rings (SSSR count). The number of amides is 1. The second kappa shape index (κ2) is 6.36. The summed E-state index contributed by atoms with van der Waals surface area (Å²) >= 11 is 0. The van der Waals surface area contributed by atoms with E-state index in [0.29, 0.717) is 12.6 Å². The normalized spacial score (nSPS) is 19.3. The molecule has 1 aliphatic heterocycles. The fourth-order valence-electron chi connectivity index (χ4n) is 1.91. The largest absolute Gasteiger partial charge is 0.366 e. The zero-order chi connectivity index (χ0) is 12.9. The van der Waals surface area contributed by atoms with Crippen molar-refractivity contribution in [3.05, 3.63) is 0 Å². The number of nitrogens with one attached hydrogen (secondary N) is 1. The molecule has 0 spiro atoms. The van der Waals surface area contributed by atoms with Gasteiger partial charge < -0.3 is 10.1 Å². The van der Waals surface area contributed by atoms with E-state index in [1.807, 2.05) is 20.8 Å². The van der Waals surface area contributed by atoms with E-state index in [-0.39, 0.29) is 18.1 Å². The second-order valence-corrected chi connectivity index (χ2v) is 5.80. The molecular weight excluding hydrogens is 216 g/mol. The highest BCUT2D eigenvalue weighted by molar-refractivity contribution is 5.77. The van der Waals surface area contributed by atoms with Crippen LogP contribution in [0.5, 0.6) is 0 Å². The molecule has 0 radical (unpaired) electrons. The van der Waals surface area contributed by atoms with E-state index < -0.39 is 0 Å². The van der Waals surface area contributed by atoms with Crippen molar-refractivity contribution in [3.63, 3.8) is 0 Å². The number of hydrogen-bond acceptors (Lipinski definition) is 3. The lowest BCUT2D eigenvalue weighted by molar-refractivity contribution is -0.130. The van der Waals surface area contributed by atoms with Crippen LogP contribution < -0.4 is 5.32 Å². The van der Waals surface area contributed by atoms with Gasteiger partial charge in [0.1, 0.15) is 6.61 Å². The van der Waals surface area contributed by atoms with E-state index in [4.69, 9.17) is 4.74 Å². The summed E-state index contributed by atoms with van der Waals surface area (Å²) in [6.07, 6.45) is 2.57. The summed E-state index contributed by atoms with van der Waals surface area (Å²) in [4.78, 5) is 14.0. The molecule has 0 bridgehead atoms. The van der Waals surface area contributed by atoms with Crippen molar-refractivity contribution in [2.45, 2.75) is 52.2 Å². The van der Waals surface area contributed by atoms with Crippen LogP contribution in [0.15, 0.2) is 0 Å². The van der Waals surface area contributed by atoms with Gasteiger partial charge in [0.05, 0.1) is 5.60 Å². The quantitative estimate of drug-likeness (QED) is 0.792. The van der Waals surface area contributed by atoms with E-state index in [0.717, 1.165) is 13.1 Å². The standard InChI is InChI=1S/C13H26N2O2/c1-11(15-7-5-6-8-15)9-14-12(16)10-17-13(2,3)4/h11H,5-10H2,1-4H3,(H,14,16). The Morgan fingerprint density at radius 3 is 2.47 bits per heavy atom. The molecule has 1 unspecified atom stereocenters. The molecule has 4 heteroatoms. The summed E-state index contributed by atoms with van der Waals surface area (Å²) in [6, 6.07) is 0.427. The molecule has 100 valence electrons. The molecule has 4 nitrogen and oxygen atoms in total. The molecule has 0 aromatic rings. The van der Waals surface area contributed by atoms with Crippen LogP contribution in [0.25, 0.3) is 0 Å². The van der Waals surface area contributed by atoms with Gasteiger partial charge in [-0.05, 0) is 53.6 Å². The van der Waals surface area contributed by atoms with Crippen LogP contribution in [-0.4, -0.2) is 48.7 Å².